The summed E-state index contributed by atoms with van der Waals surface area (Å²) in [4.78, 5) is 11.3. The molecular weight excluding hydrogens is 198 g/mol. The molecule has 78 valence electrons. The normalized spacial score (nSPS) is 12.4. The zero-order valence-corrected chi connectivity index (χ0v) is 9.26. The summed E-state index contributed by atoms with van der Waals surface area (Å²) in [6.07, 6.45) is 0.517. The van der Waals surface area contributed by atoms with Gasteiger partial charge < -0.3 is 10.1 Å². The molecule has 0 saturated heterocycles. The largest absolute Gasteiger partial charge is 0.372 e. The lowest BCUT2D eigenvalue weighted by atomic mass is 10.2. The van der Waals surface area contributed by atoms with Gasteiger partial charge in [-0.1, -0.05) is 0 Å². The number of amides is 1. The molecule has 0 spiro atoms. The summed E-state index contributed by atoms with van der Waals surface area (Å²) in [6.45, 7) is 2.41. The second kappa shape index (κ2) is 5.78. The van der Waals surface area contributed by atoms with E-state index >= 15 is 0 Å². The van der Waals surface area contributed by atoms with Crippen molar-refractivity contribution in [3.8, 4) is 0 Å². The number of hydrogen-bond acceptors (Lipinski definition) is 3. The quantitative estimate of drug-likeness (QED) is 0.803. The Kier molecular flexibility index (Phi) is 4.62. The average Bonchev–Trinajstić information content (AvgIpc) is 2.69. The van der Waals surface area contributed by atoms with Gasteiger partial charge >= 0.3 is 0 Å². The zero-order valence-electron chi connectivity index (χ0n) is 8.45. The van der Waals surface area contributed by atoms with E-state index in [1.807, 2.05) is 5.38 Å². The highest BCUT2D eigenvalue weighted by Gasteiger charge is 2.09. The standard InChI is InChI=1S/C10H15NO2S/c1-8(13-2)10(12)11-5-3-9-4-6-14-7-9/h4,6-8H,3,5H2,1-2H3,(H,11,12). The van der Waals surface area contributed by atoms with Crippen LogP contribution in [0.3, 0.4) is 0 Å². The molecule has 1 amide bonds. The Bertz CT molecular complexity index is 272. The molecule has 0 saturated carbocycles. The molecule has 0 aliphatic rings. The summed E-state index contributed by atoms with van der Waals surface area (Å²) < 4.78 is 4.89. The third-order valence-electron chi connectivity index (χ3n) is 2.02. The average molecular weight is 213 g/mol. The molecule has 0 aliphatic carbocycles. The highest BCUT2D eigenvalue weighted by Crippen LogP contribution is 2.05. The molecule has 3 nitrogen and oxygen atoms in total. The van der Waals surface area contributed by atoms with Crippen LogP contribution >= 0.6 is 11.3 Å². The van der Waals surface area contributed by atoms with Crippen molar-refractivity contribution in [1.29, 1.82) is 0 Å². The lowest BCUT2D eigenvalue weighted by Crippen LogP contribution is -2.34. The van der Waals surface area contributed by atoms with Crippen molar-refractivity contribution in [1.82, 2.24) is 5.32 Å². The summed E-state index contributed by atoms with van der Waals surface area (Å²) in [5, 5.41) is 6.94. The van der Waals surface area contributed by atoms with Crippen molar-refractivity contribution >= 4 is 17.2 Å². The van der Waals surface area contributed by atoms with Gasteiger partial charge in [0.15, 0.2) is 0 Å². The Morgan fingerprint density at radius 3 is 3.07 bits per heavy atom. The Labute approximate surface area is 88.1 Å². The maximum absolute atomic E-state index is 11.3. The summed E-state index contributed by atoms with van der Waals surface area (Å²) >= 11 is 1.67. The molecule has 0 bridgehead atoms. The molecule has 0 radical (unpaired) electrons. The Balaban J connectivity index is 2.18. The van der Waals surface area contributed by atoms with Crippen LogP contribution in [0.1, 0.15) is 12.5 Å². The van der Waals surface area contributed by atoms with Crippen molar-refractivity contribution in [2.45, 2.75) is 19.4 Å². The van der Waals surface area contributed by atoms with Gasteiger partial charge in [-0.15, -0.1) is 0 Å². The van der Waals surface area contributed by atoms with Gasteiger partial charge in [0, 0.05) is 13.7 Å². The van der Waals surface area contributed by atoms with Crippen molar-refractivity contribution in [3.63, 3.8) is 0 Å². The molecule has 4 heteroatoms. The molecule has 0 aromatic carbocycles. The Hall–Kier alpha value is -0.870. The summed E-state index contributed by atoms with van der Waals surface area (Å²) in [5.74, 6) is -0.0530. The molecule has 14 heavy (non-hydrogen) atoms. The van der Waals surface area contributed by atoms with Crippen LogP contribution < -0.4 is 5.32 Å². The number of carbonyl (C=O) groups excluding carboxylic acids is 1. The van der Waals surface area contributed by atoms with Crippen LogP contribution in [-0.2, 0) is 16.0 Å². The molecule has 1 N–H and O–H groups in total. The minimum atomic E-state index is -0.363. The maximum Gasteiger partial charge on any atom is 0.248 e. The fourth-order valence-corrected chi connectivity index (χ4v) is 1.72. The predicted molar refractivity (Wildman–Crippen MR) is 57.5 cm³/mol. The number of rotatable bonds is 5. The van der Waals surface area contributed by atoms with E-state index < -0.39 is 0 Å². The summed E-state index contributed by atoms with van der Waals surface area (Å²) in [7, 11) is 1.53. The molecular formula is C10H15NO2S. The predicted octanol–water partition coefficient (Wildman–Crippen LogP) is 1.44. The first-order valence-electron chi connectivity index (χ1n) is 4.55. The van der Waals surface area contributed by atoms with E-state index in [0.717, 1.165) is 6.42 Å². The molecule has 0 fully saturated rings. The van der Waals surface area contributed by atoms with Crippen LogP contribution in [0.5, 0.6) is 0 Å². The van der Waals surface area contributed by atoms with Gasteiger partial charge in [0.05, 0.1) is 0 Å². The monoisotopic (exact) mass is 213 g/mol. The molecule has 1 atom stereocenters. The highest BCUT2D eigenvalue weighted by atomic mass is 32.1. The fraction of sp³-hybridized carbons (Fsp3) is 0.500. The van der Waals surface area contributed by atoms with E-state index in [2.05, 4.69) is 16.8 Å². The summed E-state index contributed by atoms with van der Waals surface area (Å²) in [6, 6.07) is 2.07. The van der Waals surface area contributed by atoms with E-state index in [-0.39, 0.29) is 12.0 Å². The molecule has 1 unspecified atom stereocenters. The first-order valence-corrected chi connectivity index (χ1v) is 5.50. The van der Waals surface area contributed by atoms with Crippen molar-refractivity contribution in [2.75, 3.05) is 13.7 Å². The van der Waals surface area contributed by atoms with Crippen molar-refractivity contribution < 1.29 is 9.53 Å². The Morgan fingerprint density at radius 1 is 1.71 bits per heavy atom. The number of ether oxygens (including phenoxy) is 1. The van der Waals surface area contributed by atoms with Gasteiger partial charge in [0.2, 0.25) is 5.91 Å². The third-order valence-corrected chi connectivity index (χ3v) is 2.75. The van der Waals surface area contributed by atoms with Gasteiger partial charge in [-0.05, 0) is 35.7 Å². The number of methoxy groups -OCH3 is 1. The lowest BCUT2D eigenvalue weighted by molar-refractivity contribution is -0.129. The minimum Gasteiger partial charge on any atom is -0.372 e. The van der Waals surface area contributed by atoms with Crippen LogP contribution in [-0.4, -0.2) is 25.7 Å². The maximum atomic E-state index is 11.3. The lowest BCUT2D eigenvalue weighted by Gasteiger charge is -2.09. The van der Waals surface area contributed by atoms with Gasteiger partial charge in [0.25, 0.3) is 0 Å². The topological polar surface area (TPSA) is 38.3 Å². The van der Waals surface area contributed by atoms with E-state index in [4.69, 9.17) is 4.74 Å². The van der Waals surface area contributed by atoms with Crippen molar-refractivity contribution in [3.05, 3.63) is 22.4 Å². The Morgan fingerprint density at radius 2 is 2.50 bits per heavy atom. The number of carbonyl (C=O) groups is 1. The molecule has 0 aliphatic heterocycles. The number of thiophene rings is 1. The minimum absolute atomic E-state index is 0.0530. The van der Waals surface area contributed by atoms with Gasteiger partial charge in [-0.25, -0.2) is 0 Å². The first kappa shape index (κ1) is 11.2. The molecule has 1 aromatic heterocycles. The van der Waals surface area contributed by atoms with Crippen LogP contribution in [0.15, 0.2) is 16.8 Å². The van der Waals surface area contributed by atoms with E-state index in [1.54, 1.807) is 18.3 Å². The zero-order chi connectivity index (χ0) is 10.4. The van der Waals surface area contributed by atoms with Crippen LogP contribution in [0.2, 0.25) is 0 Å². The van der Waals surface area contributed by atoms with Crippen molar-refractivity contribution in [2.24, 2.45) is 0 Å². The smallest absolute Gasteiger partial charge is 0.248 e. The van der Waals surface area contributed by atoms with Gasteiger partial charge in [0.1, 0.15) is 6.10 Å². The molecule has 1 rings (SSSR count). The van der Waals surface area contributed by atoms with E-state index in [1.165, 1.54) is 12.7 Å². The van der Waals surface area contributed by atoms with Crippen LogP contribution in [0, 0.1) is 0 Å². The number of hydrogen-bond donors (Lipinski definition) is 1. The van der Waals surface area contributed by atoms with E-state index in [9.17, 15) is 4.79 Å². The second-order valence-electron chi connectivity index (χ2n) is 3.05. The number of nitrogens with one attached hydrogen (secondary N) is 1. The fourth-order valence-electron chi connectivity index (χ4n) is 1.02. The van der Waals surface area contributed by atoms with Gasteiger partial charge in [-0.2, -0.15) is 11.3 Å². The SMILES string of the molecule is COC(C)C(=O)NCCc1ccsc1. The van der Waals surface area contributed by atoms with Crippen LogP contribution in [0.25, 0.3) is 0 Å². The molecule has 1 heterocycles. The third kappa shape index (κ3) is 3.47. The van der Waals surface area contributed by atoms with E-state index in [0.29, 0.717) is 6.54 Å². The molecule has 1 aromatic rings. The first-order chi connectivity index (χ1) is 6.74. The van der Waals surface area contributed by atoms with Crippen LogP contribution in [0.4, 0.5) is 0 Å². The van der Waals surface area contributed by atoms with Gasteiger partial charge in [-0.3, -0.25) is 4.79 Å². The highest BCUT2D eigenvalue weighted by molar-refractivity contribution is 7.07. The summed E-state index contributed by atoms with van der Waals surface area (Å²) in [5.41, 5.74) is 1.26. The second-order valence-corrected chi connectivity index (χ2v) is 3.83.